The maximum Gasteiger partial charge on any atom is 0.306 e. The lowest BCUT2D eigenvalue weighted by molar-refractivity contribution is -0.142. The molecule has 22 heavy (non-hydrogen) atoms. The molecule has 0 unspecified atom stereocenters. The van der Waals surface area contributed by atoms with E-state index in [0.717, 1.165) is 12.0 Å². The minimum Gasteiger partial charge on any atom is -0.481 e. The Hall–Kier alpha value is -1.44. The van der Waals surface area contributed by atoms with Gasteiger partial charge in [-0.3, -0.25) is 4.79 Å². The van der Waals surface area contributed by atoms with Crippen LogP contribution in [0, 0.1) is 5.92 Å². The van der Waals surface area contributed by atoms with E-state index < -0.39 is 22.1 Å². The van der Waals surface area contributed by atoms with E-state index >= 15 is 0 Å². The van der Waals surface area contributed by atoms with E-state index in [-0.39, 0.29) is 13.1 Å². The summed E-state index contributed by atoms with van der Waals surface area (Å²) in [7, 11) is -3.50. The highest BCUT2D eigenvalue weighted by molar-refractivity contribution is 7.86. The Kier molecular flexibility index (Phi) is 4.20. The van der Waals surface area contributed by atoms with Gasteiger partial charge in [-0.15, -0.1) is 0 Å². The summed E-state index contributed by atoms with van der Waals surface area (Å²) >= 11 is 0. The topological polar surface area (TPSA) is 77.9 Å². The van der Waals surface area contributed by atoms with E-state index in [1.165, 1.54) is 14.2 Å². The second kappa shape index (κ2) is 5.98. The van der Waals surface area contributed by atoms with Gasteiger partial charge in [-0.25, -0.2) is 0 Å². The van der Waals surface area contributed by atoms with Crippen molar-refractivity contribution in [1.29, 1.82) is 0 Å². The molecule has 0 atom stereocenters. The van der Waals surface area contributed by atoms with Crippen molar-refractivity contribution in [2.45, 2.75) is 25.8 Å². The van der Waals surface area contributed by atoms with Crippen molar-refractivity contribution in [3.05, 3.63) is 35.4 Å². The first-order chi connectivity index (χ1) is 10.5. The quantitative estimate of drug-likeness (QED) is 0.903. The second-order valence-electron chi connectivity index (χ2n) is 5.87. The Balaban J connectivity index is 1.71. The molecule has 6 nitrogen and oxygen atoms in total. The Morgan fingerprint density at radius 1 is 1.05 bits per heavy atom. The van der Waals surface area contributed by atoms with Crippen molar-refractivity contribution in [1.82, 2.24) is 8.61 Å². The molecule has 1 saturated heterocycles. The normalized spacial score (nSPS) is 21.5. The number of hydrogen-bond acceptors (Lipinski definition) is 3. The molecule has 3 rings (SSSR count). The summed E-state index contributed by atoms with van der Waals surface area (Å²) in [4.78, 5) is 11.0. The third kappa shape index (κ3) is 2.88. The van der Waals surface area contributed by atoms with Crippen LogP contribution in [0.25, 0.3) is 0 Å². The molecule has 1 aromatic rings. The smallest absolute Gasteiger partial charge is 0.306 e. The molecule has 0 aliphatic carbocycles. The van der Waals surface area contributed by atoms with Crippen LogP contribution >= 0.6 is 0 Å². The number of fused-ring (bicyclic) bond motifs is 1. The monoisotopic (exact) mass is 324 g/mol. The molecule has 0 amide bonds. The SMILES string of the molecule is O=C(O)C1CCN(S(=O)(=O)N2CCc3ccccc3C2)CC1. The van der Waals surface area contributed by atoms with Gasteiger partial charge in [0, 0.05) is 26.2 Å². The van der Waals surface area contributed by atoms with E-state index in [1.54, 1.807) is 0 Å². The number of nitrogens with zero attached hydrogens (tertiary/aromatic N) is 2. The van der Waals surface area contributed by atoms with Crippen molar-refractivity contribution in [2.24, 2.45) is 5.92 Å². The van der Waals surface area contributed by atoms with E-state index in [1.807, 2.05) is 24.3 Å². The molecule has 0 saturated carbocycles. The first-order valence-electron chi connectivity index (χ1n) is 7.53. The van der Waals surface area contributed by atoms with E-state index in [0.29, 0.717) is 25.9 Å². The van der Waals surface area contributed by atoms with Crippen LogP contribution in [0.2, 0.25) is 0 Å². The molecular formula is C15H20N2O4S. The molecule has 120 valence electrons. The molecule has 2 heterocycles. The highest BCUT2D eigenvalue weighted by Gasteiger charge is 2.35. The Labute approximate surface area is 130 Å². The van der Waals surface area contributed by atoms with Crippen LogP contribution in [-0.2, 0) is 28.0 Å². The number of aliphatic carboxylic acids is 1. The first-order valence-corrected chi connectivity index (χ1v) is 8.93. The van der Waals surface area contributed by atoms with Gasteiger partial charge in [0.25, 0.3) is 10.2 Å². The predicted octanol–water partition coefficient (Wildman–Crippen LogP) is 1.09. The predicted molar refractivity (Wildman–Crippen MR) is 81.4 cm³/mol. The van der Waals surface area contributed by atoms with Gasteiger partial charge in [0.2, 0.25) is 0 Å². The fourth-order valence-electron chi connectivity index (χ4n) is 3.16. The Morgan fingerprint density at radius 2 is 1.68 bits per heavy atom. The molecule has 0 spiro atoms. The van der Waals surface area contributed by atoms with E-state index in [9.17, 15) is 13.2 Å². The number of rotatable bonds is 3. The lowest BCUT2D eigenvalue weighted by Gasteiger charge is -2.35. The largest absolute Gasteiger partial charge is 0.481 e. The van der Waals surface area contributed by atoms with Gasteiger partial charge >= 0.3 is 5.97 Å². The third-order valence-corrected chi connectivity index (χ3v) is 6.53. The van der Waals surface area contributed by atoms with Crippen LogP contribution in [0.5, 0.6) is 0 Å². The van der Waals surface area contributed by atoms with Crippen LogP contribution < -0.4 is 0 Å². The Morgan fingerprint density at radius 3 is 2.32 bits per heavy atom. The highest BCUT2D eigenvalue weighted by atomic mass is 32.2. The van der Waals surface area contributed by atoms with Gasteiger partial charge in [-0.2, -0.15) is 17.0 Å². The van der Waals surface area contributed by atoms with Crippen molar-refractivity contribution in [3.63, 3.8) is 0 Å². The summed E-state index contributed by atoms with van der Waals surface area (Å²) in [6.07, 6.45) is 1.50. The van der Waals surface area contributed by atoms with Gasteiger partial charge in [-0.1, -0.05) is 24.3 Å². The molecule has 0 bridgehead atoms. The minimum atomic E-state index is -3.50. The number of carboxylic acids is 1. The summed E-state index contributed by atoms with van der Waals surface area (Å²) < 4.78 is 28.4. The molecule has 1 N–H and O–H groups in total. The zero-order valence-electron chi connectivity index (χ0n) is 12.3. The summed E-state index contributed by atoms with van der Waals surface area (Å²) in [6, 6.07) is 7.90. The third-order valence-electron chi connectivity index (χ3n) is 4.55. The molecule has 0 aromatic heterocycles. The van der Waals surface area contributed by atoms with Crippen molar-refractivity contribution in [2.75, 3.05) is 19.6 Å². The second-order valence-corrected chi connectivity index (χ2v) is 7.80. The summed E-state index contributed by atoms with van der Waals surface area (Å²) in [5.41, 5.74) is 2.26. The molecule has 0 radical (unpaired) electrons. The minimum absolute atomic E-state index is 0.289. The van der Waals surface area contributed by atoms with Crippen LogP contribution in [-0.4, -0.2) is 47.7 Å². The fraction of sp³-hybridized carbons (Fsp3) is 0.533. The van der Waals surface area contributed by atoms with E-state index in [2.05, 4.69) is 0 Å². The van der Waals surface area contributed by atoms with Gasteiger partial charge in [0.1, 0.15) is 0 Å². The molecule has 7 heteroatoms. The zero-order valence-corrected chi connectivity index (χ0v) is 13.1. The van der Waals surface area contributed by atoms with Crippen LogP contribution in [0.15, 0.2) is 24.3 Å². The Bertz CT molecular complexity index is 666. The van der Waals surface area contributed by atoms with Crippen LogP contribution in [0.3, 0.4) is 0 Å². The van der Waals surface area contributed by atoms with Crippen molar-refractivity contribution >= 4 is 16.2 Å². The molecular weight excluding hydrogens is 304 g/mol. The summed E-state index contributed by atoms with van der Waals surface area (Å²) in [5.74, 6) is -1.25. The first kappa shape index (κ1) is 15.5. The maximum absolute atomic E-state index is 12.7. The van der Waals surface area contributed by atoms with Gasteiger partial charge in [0.05, 0.1) is 5.92 Å². The van der Waals surface area contributed by atoms with Crippen LogP contribution in [0.1, 0.15) is 24.0 Å². The average molecular weight is 324 g/mol. The maximum atomic E-state index is 12.7. The lowest BCUT2D eigenvalue weighted by Crippen LogP contribution is -2.49. The number of piperidine rings is 1. The standard InChI is InChI=1S/C15H20N2O4S/c18-15(19)13-6-8-16(9-7-13)22(20,21)17-10-5-12-3-1-2-4-14(12)11-17/h1-4,13H,5-11H2,(H,18,19). The van der Waals surface area contributed by atoms with Crippen molar-refractivity contribution < 1.29 is 18.3 Å². The number of hydrogen-bond donors (Lipinski definition) is 1. The van der Waals surface area contributed by atoms with Crippen molar-refractivity contribution in [3.8, 4) is 0 Å². The fourth-order valence-corrected chi connectivity index (χ4v) is 4.79. The zero-order chi connectivity index (χ0) is 15.7. The average Bonchev–Trinajstić information content (AvgIpc) is 2.54. The lowest BCUT2D eigenvalue weighted by atomic mass is 9.99. The molecule has 1 aromatic carbocycles. The summed E-state index contributed by atoms with van der Waals surface area (Å²) in [6.45, 7) is 1.46. The number of benzene rings is 1. The molecule has 2 aliphatic heterocycles. The molecule has 2 aliphatic rings. The molecule has 1 fully saturated rings. The van der Waals surface area contributed by atoms with E-state index in [4.69, 9.17) is 5.11 Å². The van der Waals surface area contributed by atoms with Crippen LogP contribution in [0.4, 0.5) is 0 Å². The number of carbonyl (C=O) groups is 1. The highest BCUT2D eigenvalue weighted by Crippen LogP contribution is 2.26. The van der Waals surface area contributed by atoms with Gasteiger partial charge in [0.15, 0.2) is 0 Å². The van der Waals surface area contributed by atoms with Gasteiger partial charge < -0.3 is 5.11 Å². The summed E-state index contributed by atoms with van der Waals surface area (Å²) in [5, 5.41) is 9.01. The van der Waals surface area contributed by atoms with Gasteiger partial charge in [-0.05, 0) is 30.4 Å². The number of carboxylic acid groups (broad SMARTS) is 1.